The third-order valence-electron chi connectivity index (χ3n) is 3.56. The second-order valence-electron chi connectivity index (χ2n) is 5.42. The largest absolute Gasteiger partial charge is 0.350 e. The lowest BCUT2D eigenvalue weighted by Gasteiger charge is -2.06. The first-order chi connectivity index (χ1) is 12.6. The van der Waals surface area contributed by atoms with Crippen LogP contribution in [0.1, 0.15) is 20.8 Å². The van der Waals surface area contributed by atoms with Crippen LogP contribution in [-0.4, -0.2) is 29.9 Å². The van der Waals surface area contributed by atoms with Gasteiger partial charge >= 0.3 is 0 Å². The molecule has 132 valence electrons. The molecule has 26 heavy (non-hydrogen) atoms. The molecule has 0 aliphatic heterocycles. The maximum Gasteiger partial charge on any atom is 0.270 e. The molecule has 2 N–H and O–H groups in total. The first-order valence-electron chi connectivity index (χ1n) is 7.96. The maximum atomic E-state index is 12.1. The maximum absolute atomic E-state index is 12.1. The molecule has 3 aromatic rings. The standard InChI is InChI=1S/C19H16ClN3O2S/c20-15-8-6-13(7-9-15)17(24)21-10-11-22-18(25)16-12-26-19(23-16)14-4-2-1-3-5-14/h1-9,12H,10-11H2,(H,21,24)(H,22,25). The van der Waals surface area contributed by atoms with E-state index in [-0.39, 0.29) is 11.8 Å². The third-order valence-corrected chi connectivity index (χ3v) is 4.70. The molecular weight excluding hydrogens is 370 g/mol. The number of rotatable bonds is 6. The van der Waals surface area contributed by atoms with E-state index < -0.39 is 0 Å². The van der Waals surface area contributed by atoms with Gasteiger partial charge in [0.15, 0.2) is 0 Å². The fourth-order valence-corrected chi connectivity index (χ4v) is 3.17. The summed E-state index contributed by atoms with van der Waals surface area (Å²) < 4.78 is 0. The van der Waals surface area contributed by atoms with E-state index in [0.29, 0.717) is 29.4 Å². The minimum absolute atomic E-state index is 0.212. The summed E-state index contributed by atoms with van der Waals surface area (Å²) in [6.45, 7) is 0.638. The Morgan fingerprint density at radius 3 is 2.27 bits per heavy atom. The fourth-order valence-electron chi connectivity index (χ4n) is 2.24. The molecule has 0 bridgehead atoms. The van der Waals surface area contributed by atoms with Gasteiger partial charge in [0.2, 0.25) is 0 Å². The lowest BCUT2D eigenvalue weighted by Crippen LogP contribution is -2.34. The molecule has 0 aliphatic carbocycles. The minimum Gasteiger partial charge on any atom is -0.350 e. The molecule has 0 atom stereocenters. The van der Waals surface area contributed by atoms with Crippen molar-refractivity contribution in [1.29, 1.82) is 0 Å². The Hall–Kier alpha value is -2.70. The Bertz CT molecular complexity index is 895. The molecule has 7 heteroatoms. The normalized spacial score (nSPS) is 10.3. The summed E-state index contributed by atoms with van der Waals surface area (Å²) in [7, 11) is 0. The van der Waals surface area contributed by atoms with Gasteiger partial charge in [0, 0.05) is 34.6 Å². The van der Waals surface area contributed by atoms with Crippen molar-refractivity contribution < 1.29 is 9.59 Å². The van der Waals surface area contributed by atoms with Crippen LogP contribution in [0.2, 0.25) is 5.02 Å². The van der Waals surface area contributed by atoms with Crippen molar-refractivity contribution in [2.75, 3.05) is 13.1 Å². The van der Waals surface area contributed by atoms with Crippen molar-refractivity contribution in [2.45, 2.75) is 0 Å². The highest BCUT2D eigenvalue weighted by Gasteiger charge is 2.11. The zero-order chi connectivity index (χ0) is 18.4. The molecule has 0 fully saturated rings. The molecule has 2 aromatic carbocycles. The molecular formula is C19H16ClN3O2S. The van der Waals surface area contributed by atoms with Crippen LogP contribution in [0.25, 0.3) is 10.6 Å². The van der Waals surface area contributed by atoms with Crippen molar-refractivity contribution in [3.8, 4) is 10.6 Å². The summed E-state index contributed by atoms with van der Waals surface area (Å²) in [5.74, 6) is -0.472. The molecule has 0 aliphatic rings. The molecule has 0 unspecified atom stereocenters. The number of hydrogen-bond acceptors (Lipinski definition) is 4. The van der Waals surface area contributed by atoms with Crippen molar-refractivity contribution >= 4 is 34.8 Å². The zero-order valence-electron chi connectivity index (χ0n) is 13.7. The molecule has 0 saturated heterocycles. The van der Waals surface area contributed by atoms with E-state index in [1.165, 1.54) is 11.3 Å². The van der Waals surface area contributed by atoms with Crippen LogP contribution in [0, 0.1) is 0 Å². The SMILES string of the molecule is O=C(NCCNC(=O)c1csc(-c2ccccc2)n1)c1ccc(Cl)cc1. The van der Waals surface area contributed by atoms with E-state index in [0.717, 1.165) is 10.6 Å². The Balaban J connectivity index is 1.46. The highest BCUT2D eigenvalue weighted by atomic mass is 35.5. The predicted molar refractivity (Wildman–Crippen MR) is 104 cm³/mol. The van der Waals surface area contributed by atoms with Crippen molar-refractivity contribution in [3.05, 3.63) is 76.3 Å². The van der Waals surface area contributed by atoms with Gasteiger partial charge in [-0.2, -0.15) is 0 Å². The fraction of sp³-hybridized carbons (Fsp3) is 0.105. The Morgan fingerprint density at radius 1 is 0.923 bits per heavy atom. The first kappa shape index (κ1) is 18.1. The summed E-state index contributed by atoms with van der Waals surface area (Å²) in [6.07, 6.45) is 0. The molecule has 1 aromatic heterocycles. The van der Waals surface area contributed by atoms with E-state index >= 15 is 0 Å². The highest BCUT2D eigenvalue weighted by molar-refractivity contribution is 7.13. The molecule has 3 rings (SSSR count). The smallest absolute Gasteiger partial charge is 0.270 e. The zero-order valence-corrected chi connectivity index (χ0v) is 15.3. The van der Waals surface area contributed by atoms with Gasteiger partial charge < -0.3 is 10.6 Å². The van der Waals surface area contributed by atoms with Gasteiger partial charge in [-0.3, -0.25) is 9.59 Å². The van der Waals surface area contributed by atoms with Gasteiger partial charge in [0.05, 0.1) is 0 Å². The number of amides is 2. The van der Waals surface area contributed by atoms with Gasteiger partial charge in [0.1, 0.15) is 10.7 Å². The van der Waals surface area contributed by atoms with Crippen molar-refractivity contribution in [2.24, 2.45) is 0 Å². The summed E-state index contributed by atoms with van der Waals surface area (Å²) in [5, 5.41) is 8.59. The highest BCUT2D eigenvalue weighted by Crippen LogP contribution is 2.23. The molecule has 1 heterocycles. The minimum atomic E-state index is -0.260. The lowest BCUT2D eigenvalue weighted by molar-refractivity contribution is 0.0925. The van der Waals surface area contributed by atoms with E-state index in [4.69, 9.17) is 11.6 Å². The number of hydrogen-bond donors (Lipinski definition) is 2. The van der Waals surface area contributed by atoms with Crippen LogP contribution >= 0.6 is 22.9 Å². The van der Waals surface area contributed by atoms with Crippen LogP contribution in [0.3, 0.4) is 0 Å². The second-order valence-corrected chi connectivity index (χ2v) is 6.72. The summed E-state index contributed by atoms with van der Waals surface area (Å²) in [5.41, 5.74) is 1.87. The Morgan fingerprint density at radius 2 is 1.58 bits per heavy atom. The number of aromatic nitrogens is 1. The summed E-state index contributed by atoms with van der Waals surface area (Å²) >= 11 is 7.21. The van der Waals surface area contributed by atoms with Crippen molar-refractivity contribution in [3.63, 3.8) is 0 Å². The van der Waals surface area contributed by atoms with E-state index in [9.17, 15) is 9.59 Å². The molecule has 0 spiro atoms. The number of carbonyl (C=O) groups is 2. The number of halogens is 1. The third kappa shape index (κ3) is 4.68. The average Bonchev–Trinajstić information content (AvgIpc) is 3.16. The number of carbonyl (C=O) groups excluding carboxylic acids is 2. The van der Waals surface area contributed by atoms with Crippen LogP contribution in [0.15, 0.2) is 60.0 Å². The Labute approximate surface area is 160 Å². The second kappa shape index (κ2) is 8.60. The Kier molecular flexibility index (Phi) is 5.99. The van der Waals surface area contributed by atoms with E-state index in [1.807, 2.05) is 30.3 Å². The molecule has 0 saturated carbocycles. The monoisotopic (exact) mass is 385 g/mol. The lowest BCUT2D eigenvalue weighted by atomic mass is 10.2. The van der Waals surface area contributed by atoms with E-state index in [2.05, 4.69) is 15.6 Å². The van der Waals surface area contributed by atoms with Gasteiger partial charge in [-0.1, -0.05) is 41.9 Å². The molecule has 2 amide bonds. The predicted octanol–water partition coefficient (Wildman–Crippen LogP) is 3.62. The topological polar surface area (TPSA) is 71.1 Å². The first-order valence-corrected chi connectivity index (χ1v) is 9.22. The average molecular weight is 386 g/mol. The van der Waals surface area contributed by atoms with Gasteiger partial charge in [-0.25, -0.2) is 4.98 Å². The molecule has 0 radical (unpaired) electrons. The quantitative estimate of drug-likeness (QED) is 0.636. The number of thiazole rings is 1. The summed E-state index contributed by atoms with van der Waals surface area (Å²) in [4.78, 5) is 28.5. The number of benzene rings is 2. The van der Waals surface area contributed by atoms with Crippen LogP contribution < -0.4 is 10.6 Å². The molecule has 5 nitrogen and oxygen atoms in total. The van der Waals surface area contributed by atoms with Gasteiger partial charge in [0.25, 0.3) is 11.8 Å². The van der Waals surface area contributed by atoms with Gasteiger partial charge in [-0.05, 0) is 24.3 Å². The van der Waals surface area contributed by atoms with Crippen molar-refractivity contribution in [1.82, 2.24) is 15.6 Å². The van der Waals surface area contributed by atoms with E-state index in [1.54, 1.807) is 29.6 Å². The van der Waals surface area contributed by atoms with Gasteiger partial charge in [-0.15, -0.1) is 11.3 Å². The van der Waals surface area contributed by atoms with Crippen LogP contribution in [-0.2, 0) is 0 Å². The van der Waals surface area contributed by atoms with Crippen LogP contribution in [0.5, 0.6) is 0 Å². The number of nitrogens with one attached hydrogen (secondary N) is 2. The van der Waals surface area contributed by atoms with Crippen LogP contribution in [0.4, 0.5) is 0 Å². The summed E-state index contributed by atoms with van der Waals surface area (Å²) in [6, 6.07) is 16.3. The number of nitrogens with zero attached hydrogens (tertiary/aromatic N) is 1.